The fourth-order valence-corrected chi connectivity index (χ4v) is 4.86. The van der Waals surface area contributed by atoms with Crippen molar-refractivity contribution in [3.05, 3.63) is 69.7 Å². The number of carbonyl (C=O) groups excluding carboxylic acids is 1. The third-order valence-electron chi connectivity index (χ3n) is 4.99. The van der Waals surface area contributed by atoms with Gasteiger partial charge in [0, 0.05) is 22.8 Å². The maximum absolute atomic E-state index is 13.4. The Morgan fingerprint density at radius 2 is 1.90 bits per heavy atom. The van der Waals surface area contributed by atoms with Gasteiger partial charge in [0.1, 0.15) is 16.4 Å². The smallest absolute Gasteiger partial charge is 0.346 e. The standard InChI is InChI=1S/C23H20FNO4S/c1-2-11-29-16-9-5-13(6-10-16)17-12-18(26)25-20-19(14-3-7-15(24)8-4-14)22(23(27)28)30-21(17)20/h3-10,17H,2,11-12H2,1H3,(H,25,26)(H,27,28)/t17-/m1/s1. The Morgan fingerprint density at radius 1 is 1.20 bits per heavy atom. The van der Waals surface area contributed by atoms with Crippen molar-refractivity contribution in [2.24, 2.45) is 0 Å². The summed E-state index contributed by atoms with van der Waals surface area (Å²) < 4.78 is 19.0. The lowest BCUT2D eigenvalue weighted by Crippen LogP contribution is -2.22. The van der Waals surface area contributed by atoms with Gasteiger partial charge in [-0.3, -0.25) is 4.79 Å². The van der Waals surface area contributed by atoms with E-state index >= 15 is 0 Å². The highest BCUT2D eigenvalue weighted by atomic mass is 32.1. The van der Waals surface area contributed by atoms with Crippen LogP contribution in [0.3, 0.4) is 0 Å². The van der Waals surface area contributed by atoms with Crippen molar-refractivity contribution < 1.29 is 23.8 Å². The Morgan fingerprint density at radius 3 is 2.53 bits per heavy atom. The largest absolute Gasteiger partial charge is 0.494 e. The lowest BCUT2D eigenvalue weighted by molar-refractivity contribution is -0.116. The molecule has 0 saturated heterocycles. The van der Waals surface area contributed by atoms with Gasteiger partial charge < -0.3 is 15.2 Å². The van der Waals surface area contributed by atoms with Crippen LogP contribution in [0.5, 0.6) is 5.75 Å². The monoisotopic (exact) mass is 425 g/mol. The molecule has 7 heteroatoms. The van der Waals surface area contributed by atoms with Crippen LogP contribution < -0.4 is 10.1 Å². The summed E-state index contributed by atoms with van der Waals surface area (Å²) in [5.74, 6) is -1.18. The molecule has 2 heterocycles. The van der Waals surface area contributed by atoms with Gasteiger partial charge in [0.25, 0.3) is 0 Å². The molecule has 0 spiro atoms. The number of hydrogen-bond acceptors (Lipinski definition) is 4. The number of carboxylic acid groups (broad SMARTS) is 1. The van der Waals surface area contributed by atoms with E-state index in [1.165, 1.54) is 24.3 Å². The third kappa shape index (κ3) is 3.80. The quantitative estimate of drug-likeness (QED) is 0.546. The van der Waals surface area contributed by atoms with Gasteiger partial charge >= 0.3 is 5.97 Å². The zero-order chi connectivity index (χ0) is 21.3. The number of hydrogen-bond donors (Lipinski definition) is 2. The molecule has 0 fully saturated rings. The Kier molecular flexibility index (Phi) is 5.55. The molecule has 1 aliphatic heterocycles. The summed E-state index contributed by atoms with van der Waals surface area (Å²) in [4.78, 5) is 25.4. The first-order valence-corrected chi connectivity index (χ1v) is 10.5. The molecule has 0 unspecified atom stereocenters. The van der Waals surface area contributed by atoms with E-state index in [4.69, 9.17) is 4.74 Å². The molecule has 0 bridgehead atoms. The molecular formula is C23H20FNO4S. The number of aromatic carboxylic acids is 1. The highest BCUT2D eigenvalue weighted by Crippen LogP contribution is 2.49. The molecule has 2 N–H and O–H groups in total. The lowest BCUT2D eigenvalue weighted by atomic mass is 9.88. The van der Waals surface area contributed by atoms with Gasteiger partial charge in [-0.15, -0.1) is 11.3 Å². The van der Waals surface area contributed by atoms with Gasteiger partial charge in [-0.25, -0.2) is 9.18 Å². The van der Waals surface area contributed by atoms with E-state index in [0.29, 0.717) is 23.4 Å². The van der Waals surface area contributed by atoms with Gasteiger partial charge in [0.05, 0.1) is 12.3 Å². The topological polar surface area (TPSA) is 75.6 Å². The molecule has 2 aromatic carbocycles. The van der Waals surface area contributed by atoms with Crippen LogP contribution in [0.25, 0.3) is 11.1 Å². The molecule has 154 valence electrons. The number of carboxylic acids is 1. The number of benzene rings is 2. The first kappa shape index (κ1) is 20.1. The summed E-state index contributed by atoms with van der Waals surface area (Å²) in [7, 11) is 0. The van der Waals surface area contributed by atoms with Crippen LogP contribution in [0.15, 0.2) is 48.5 Å². The summed E-state index contributed by atoms with van der Waals surface area (Å²) >= 11 is 1.15. The predicted octanol–water partition coefficient (Wildman–Crippen LogP) is 5.52. The number of rotatable bonds is 6. The lowest BCUT2D eigenvalue weighted by Gasteiger charge is -2.24. The van der Waals surface area contributed by atoms with Crippen molar-refractivity contribution in [3.8, 4) is 16.9 Å². The Hall–Kier alpha value is -3.19. The number of anilines is 1. The number of nitrogens with one attached hydrogen (secondary N) is 1. The van der Waals surface area contributed by atoms with Crippen LogP contribution in [0.4, 0.5) is 10.1 Å². The van der Waals surface area contributed by atoms with E-state index < -0.39 is 11.8 Å². The minimum absolute atomic E-state index is 0.127. The summed E-state index contributed by atoms with van der Waals surface area (Å²) in [5, 5.41) is 12.6. The Balaban J connectivity index is 1.79. The zero-order valence-corrected chi connectivity index (χ0v) is 17.1. The Labute approximate surface area is 177 Å². The number of thiophene rings is 1. The molecule has 1 aliphatic rings. The average Bonchev–Trinajstić information content (AvgIpc) is 3.12. The number of carbonyl (C=O) groups is 2. The van der Waals surface area contributed by atoms with Crippen molar-refractivity contribution in [2.45, 2.75) is 25.7 Å². The van der Waals surface area contributed by atoms with Crippen molar-refractivity contribution in [1.82, 2.24) is 0 Å². The molecule has 0 saturated carbocycles. The number of ether oxygens (including phenoxy) is 1. The molecule has 1 amide bonds. The summed E-state index contributed by atoms with van der Waals surface area (Å²) in [6.07, 6.45) is 1.14. The minimum Gasteiger partial charge on any atom is -0.494 e. The highest BCUT2D eigenvalue weighted by molar-refractivity contribution is 7.15. The van der Waals surface area contributed by atoms with Crippen LogP contribution >= 0.6 is 11.3 Å². The van der Waals surface area contributed by atoms with Crippen LogP contribution in [0.2, 0.25) is 0 Å². The van der Waals surface area contributed by atoms with E-state index in [9.17, 15) is 19.1 Å². The van der Waals surface area contributed by atoms with Crippen molar-refractivity contribution in [3.63, 3.8) is 0 Å². The average molecular weight is 425 g/mol. The van der Waals surface area contributed by atoms with Gasteiger partial charge in [0.15, 0.2) is 0 Å². The maximum atomic E-state index is 13.4. The fraction of sp³-hybridized carbons (Fsp3) is 0.217. The number of halogens is 1. The molecule has 0 aliphatic carbocycles. The van der Waals surface area contributed by atoms with Crippen molar-refractivity contribution in [2.75, 3.05) is 11.9 Å². The number of amides is 1. The van der Waals surface area contributed by atoms with Crippen molar-refractivity contribution in [1.29, 1.82) is 0 Å². The maximum Gasteiger partial charge on any atom is 0.346 e. The van der Waals surface area contributed by atoms with Crippen molar-refractivity contribution >= 4 is 28.9 Å². The second kappa shape index (κ2) is 8.28. The summed E-state index contributed by atoms with van der Waals surface area (Å²) in [5.41, 5.74) is 2.38. The number of fused-ring (bicyclic) bond motifs is 1. The molecule has 1 atom stereocenters. The molecule has 4 rings (SSSR count). The summed E-state index contributed by atoms with van der Waals surface area (Å²) in [6.45, 7) is 2.66. The molecule has 1 aromatic heterocycles. The van der Waals surface area contributed by atoms with E-state index in [1.807, 2.05) is 31.2 Å². The minimum atomic E-state index is -1.08. The highest BCUT2D eigenvalue weighted by Gasteiger charge is 2.34. The molecular weight excluding hydrogens is 405 g/mol. The van der Waals surface area contributed by atoms with Gasteiger partial charge in [-0.1, -0.05) is 31.2 Å². The first-order valence-electron chi connectivity index (χ1n) is 9.66. The normalized spacial score (nSPS) is 15.4. The van der Waals surface area contributed by atoms with Gasteiger partial charge in [0.2, 0.25) is 5.91 Å². The first-order chi connectivity index (χ1) is 14.5. The van der Waals surface area contributed by atoms with E-state index in [-0.39, 0.29) is 23.1 Å². The Bertz CT molecular complexity index is 1090. The molecule has 3 aromatic rings. The SMILES string of the molecule is CCCOc1ccc([C@H]2CC(=O)Nc3c2sc(C(=O)O)c3-c2ccc(F)cc2)cc1. The second-order valence-electron chi connectivity index (χ2n) is 7.08. The molecule has 0 radical (unpaired) electrons. The van der Waals surface area contributed by atoms with Crippen LogP contribution in [-0.2, 0) is 4.79 Å². The van der Waals surface area contributed by atoms with Crippen LogP contribution in [-0.4, -0.2) is 23.6 Å². The second-order valence-corrected chi connectivity index (χ2v) is 8.13. The third-order valence-corrected chi connectivity index (χ3v) is 6.28. The van der Waals surface area contributed by atoms with E-state index in [1.54, 1.807) is 0 Å². The summed E-state index contributed by atoms with van der Waals surface area (Å²) in [6, 6.07) is 13.2. The molecule has 5 nitrogen and oxygen atoms in total. The van der Waals surface area contributed by atoms with E-state index in [2.05, 4.69) is 5.32 Å². The van der Waals surface area contributed by atoms with Gasteiger partial charge in [-0.2, -0.15) is 0 Å². The van der Waals surface area contributed by atoms with E-state index in [0.717, 1.165) is 33.9 Å². The predicted molar refractivity (Wildman–Crippen MR) is 114 cm³/mol. The van der Waals surface area contributed by atoms with Crippen LogP contribution in [0.1, 0.15) is 45.8 Å². The van der Waals surface area contributed by atoms with Crippen LogP contribution in [0, 0.1) is 5.82 Å². The molecule has 30 heavy (non-hydrogen) atoms. The zero-order valence-electron chi connectivity index (χ0n) is 16.3. The fourth-order valence-electron chi connectivity index (χ4n) is 3.61. The van der Waals surface area contributed by atoms with Gasteiger partial charge in [-0.05, 0) is 41.8 Å².